The summed E-state index contributed by atoms with van der Waals surface area (Å²) in [7, 11) is 0. The van der Waals surface area contributed by atoms with E-state index in [9.17, 15) is 4.79 Å². The molecular weight excluding hydrogens is 276 g/mol. The molecule has 1 heterocycles. The largest absolute Gasteiger partial charge is 0.436 e. The number of rotatable bonds is 4. The summed E-state index contributed by atoms with van der Waals surface area (Å²) in [5, 5.41) is 2.93. The van der Waals surface area contributed by atoms with Crippen molar-refractivity contribution in [3.05, 3.63) is 48.5 Å². The van der Waals surface area contributed by atoms with E-state index in [-0.39, 0.29) is 11.8 Å². The number of amides is 1. The molecule has 1 N–H and O–H groups in total. The van der Waals surface area contributed by atoms with Crippen molar-refractivity contribution in [1.82, 2.24) is 4.98 Å². The SMILES string of the molecule is CCC(C)C(=O)Nc1cccc(-c2nc3ccccc3o2)c1. The lowest BCUT2D eigenvalue weighted by Gasteiger charge is -2.10. The van der Waals surface area contributed by atoms with Gasteiger partial charge >= 0.3 is 0 Å². The molecule has 4 heteroatoms. The van der Waals surface area contributed by atoms with Crippen molar-refractivity contribution in [2.24, 2.45) is 5.92 Å². The topological polar surface area (TPSA) is 55.1 Å². The molecule has 0 aliphatic rings. The van der Waals surface area contributed by atoms with Crippen LogP contribution in [-0.2, 0) is 4.79 Å². The molecule has 0 saturated heterocycles. The molecular formula is C18H18N2O2. The number of hydrogen-bond acceptors (Lipinski definition) is 3. The maximum Gasteiger partial charge on any atom is 0.227 e. The van der Waals surface area contributed by atoms with Crippen LogP contribution in [0.1, 0.15) is 20.3 Å². The van der Waals surface area contributed by atoms with E-state index in [1.54, 1.807) is 0 Å². The summed E-state index contributed by atoms with van der Waals surface area (Å²) in [6.45, 7) is 3.92. The number of carbonyl (C=O) groups is 1. The first-order valence-corrected chi connectivity index (χ1v) is 7.44. The summed E-state index contributed by atoms with van der Waals surface area (Å²) in [5.41, 5.74) is 3.18. The number of fused-ring (bicyclic) bond motifs is 1. The third-order valence-corrected chi connectivity index (χ3v) is 3.73. The van der Waals surface area contributed by atoms with Crippen molar-refractivity contribution >= 4 is 22.7 Å². The molecule has 3 rings (SSSR count). The van der Waals surface area contributed by atoms with Gasteiger partial charge in [0.05, 0.1) is 0 Å². The molecule has 3 aromatic rings. The second-order valence-electron chi connectivity index (χ2n) is 5.37. The third-order valence-electron chi connectivity index (χ3n) is 3.73. The highest BCUT2D eigenvalue weighted by Gasteiger charge is 2.12. The molecule has 0 saturated carbocycles. The van der Waals surface area contributed by atoms with E-state index >= 15 is 0 Å². The summed E-state index contributed by atoms with van der Waals surface area (Å²) >= 11 is 0. The molecule has 0 radical (unpaired) electrons. The van der Waals surface area contributed by atoms with Crippen LogP contribution in [0.4, 0.5) is 5.69 Å². The van der Waals surface area contributed by atoms with Gasteiger partial charge in [0.1, 0.15) is 5.52 Å². The number of hydrogen-bond donors (Lipinski definition) is 1. The molecule has 1 amide bonds. The van der Waals surface area contributed by atoms with Crippen LogP contribution < -0.4 is 5.32 Å². The van der Waals surface area contributed by atoms with Crippen molar-refractivity contribution in [3.8, 4) is 11.5 Å². The zero-order valence-electron chi connectivity index (χ0n) is 12.7. The first-order valence-electron chi connectivity index (χ1n) is 7.44. The van der Waals surface area contributed by atoms with Crippen molar-refractivity contribution in [2.75, 3.05) is 5.32 Å². The average molecular weight is 294 g/mol. The van der Waals surface area contributed by atoms with Gasteiger partial charge in [-0.2, -0.15) is 0 Å². The normalized spacial score (nSPS) is 12.3. The lowest BCUT2D eigenvalue weighted by Crippen LogP contribution is -2.19. The summed E-state index contributed by atoms with van der Waals surface area (Å²) in [5.74, 6) is 0.575. The first-order chi connectivity index (χ1) is 10.7. The van der Waals surface area contributed by atoms with E-state index in [1.807, 2.05) is 62.4 Å². The molecule has 1 aromatic heterocycles. The quantitative estimate of drug-likeness (QED) is 0.772. The Labute approximate surface area is 129 Å². The Morgan fingerprint density at radius 3 is 2.82 bits per heavy atom. The first kappa shape index (κ1) is 14.3. The molecule has 1 unspecified atom stereocenters. The lowest BCUT2D eigenvalue weighted by molar-refractivity contribution is -0.119. The van der Waals surface area contributed by atoms with E-state index in [1.165, 1.54) is 0 Å². The van der Waals surface area contributed by atoms with Crippen LogP contribution in [-0.4, -0.2) is 10.9 Å². The molecule has 1 atom stereocenters. The van der Waals surface area contributed by atoms with Crippen LogP contribution in [0.3, 0.4) is 0 Å². The molecule has 2 aromatic carbocycles. The molecule has 0 spiro atoms. The van der Waals surface area contributed by atoms with Crippen LogP contribution >= 0.6 is 0 Å². The average Bonchev–Trinajstić information content (AvgIpc) is 2.98. The number of anilines is 1. The van der Waals surface area contributed by atoms with Gasteiger partial charge in [0.15, 0.2) is 5.58 Å². The predicted octanol–water partition coefficient (Wildman–Crippen LogP) is 4.48. The lowest BCUT2D eigenvalue weighted by atomic mass is 10.1. The van der Waals surface area contributed by atoms with Crippen molar-refractivity contribution < 1.29 is 9.21 Å². The predicted molar refractivity (Wildman–Crippen MR) is 87.5 cm³/mol. The number of nitrogens with zero attached hydrogens (tertiary/aromatic N) is 1. The van der Waals surface area contributed by atoms with E-state index in [0.29, 0.717) is 5.89 Å². The Hall–Kier alpha value is -2.62. The van der Waals surface area contributed by atoms with Gasteiger partial charge in [0, 0.05) is 17.2 Å². The van der Waals surface area contributed by atoms with E-state index in [0.717, 1.165) is 28.8 Å². The second-order valence-corrected chi connectivity index (χ2v) is 5.37. The highest BCUT2D eigenvalue weighted by molar-refractivity contribution is 5.92. The van der Waals surface area contributed by atoms with Gasteiger partial charge in [0.25, 0.3) is 0 Å². The number of nitrogens with one attached hydrogen (secondary N) is 1. The number of para-hydroxylation sites is 2. The van der Waals surface area contributed by atoms with E-state index in [2.05, 4.69) is 10.3 Å². The molecule has 0 aliphatic carbocycles. The molecule has 22 heavy (non-hydrogen) atoms. The van der Waals surface area contributed by atoms with Crippen LogP contribution in [0.5, 0.6) is 0 Å². The fourth-order valence-corrected chi connectivity index (χ4v) is 2.18. The van der Waals surface area contributed by atoms with E-state index < -0.39 is 0 Å². The number of carbonyl (C=O) groups excluding carboxylic acids is 1. The van der Waals surface area contributed by atoms with Crippen LogP contribution in [0, 0.1) is 5.92 Å². The van der Waals surface area contributed by atoms with Crippen LogP contribution in [0.15, 0.2) is 52.9 Å². The Kier molecular flexibility index (Phi) is 3.92. The maximum atomic E-state index is 12.0. The molecule has 112 valence electrons. The smallest absolute Gasteiger partial charge is 0.227 e. The molecule has 0 aliphatic heterocycles. The molecule has 0 fully saturated rings. The minimum atomic E-state index is -0.00650. The van der Waals surface area contributed by atoms with Crippen LogP contribution in [0.2, 0.25) is 0 Å². The zero-order chi connectivity index (χ0) is 15.5. The highest BCUT2D eigenvalue weighted by Crippen LogP contribution is 2.26. The second kappa shape index (κ2) is 6.02. The van der Waals surface area contributed by atoms with Gasteiger partial charge < -0.3 is 9.73 Å². The van der Waals surface area contributed by atoms with E-state index in [4.69, 9.17) is 4.42 Å². The summed E-state index contributed by atoms with van der Waals surface area (Å²) < 4.78 is 5.76. The Morgan fingerprint density at radius 2 is 2.05 bits per heavy atom. The Bertz CT molecular complexity index is 774. The van der Waals surface area contributed by atoms with Crippen molar-refractivity contribution in [1.29, 1.82) is 0 Å². The monoisotopic (exact) mass is 294 g/mol. The fourth-order valence-electron chi connectivity index (χ4n) is 2.18. The zero-order valence-corrected chi connectivity index (χ0v) is 12.7. The summed E-state index contributed by atoms with van der Waals surface area (Å²) in [6.07, 6.45) is 0.816. The number of aromatic nitrogens is 1. The summed E-state index contributed by atoms with van der Waals surface area (Å²) in [4.78, 5) is 16.5. The van der Waals surface area contributed by atoms with Gasteiger partial charge in [-0.15, -0.1) is 0 Å². The Balaban J connectivity index is 1.89. The number of benzene rings is 2. The van der Waals surface area contributed by atoms with Crippen molar-refractivity contribution in [3.63, 3.8) is 0 Å². The molecule has 0 bridgehead atoms. The molecule has 4 nitrogen and oxygen atoms in total. The van der Waals surface area contributed by atoms with Crippen LogP contribution in [0.25, 0.3) is 22.6 Å². The summed E-state index contributed by atoms with van der Waals surface area (Å²) in [6, 6.07) is 15.2. The third kappa shape index (κ3) is 2.86. The minimum Gasteiger partial charge on any atom is -0.436 e. The van der Waals surface area contributed by atoms with Gasteiger partial charge in [-0.05, 0) is 36.8 Å². The highest BCUT2D eigenvalue weighted by atomic mass is 16.3. The fraction of sp³-hybridized carbons (Fsp3) is 0.222. The number of oxazole rings is 1. The minimum absolute atomic E-state index is 0.00650. The van der Waals surface area contributed by atoms with Gasteiger partial charge in [-0.1, -0.05) is 32.0 Å². The Morgan fingerprint density at radius 1 is 1.23 bits per heavy atom. The maximum absolute atomic E-state index is 12.0. The standard InChI is InChI=1S/C18H18N2O2/c1-3-12(2)17(21)19-14-8-6-7-13(11-14)18-20-15-9-4-5-10-16(15)22-18/h4-12H,3H2,1-2H3,(H,19,21). The van der Waals surface area contributed by atoms with Gasteiger partial charge in [0.2, 0.25) is 11.8 Å². The van der Waals surface area contributed by atoms with Gasteiger partial charge in [-0.25, -0.2) is 4.98 Å². The van der Waals surface area contributed by atoms with Gasteiger partial charge in [-0.3, -0.25) is 4.79 Å². The van der Waals surface area contributed by atoms with Crippen molar-refractivity contribution in [2.45, 2.75) is 20.3 Å².